The Hall–Kier alpha value is -3.47. The van der Waals surface area contributed by atoms with Gasteiger partial charge in [-0.05, 0) is 61.4 Å². The number of halogens is 1. The van der Waals surface area contributed by atoms with E-state index in [1.54, 1.807) is 30.5 Å². The molecular weight excluding hydrogens is 353 g/mol. The van der Waals surface area contributed by atoms with Crippen LogP contribution < -0.4 is 5.32 Å². The lowest BCUT2D eigenvalue weighted by atomic mass is 10.0. The maximum absolute atomic E-state index is 14.2. The number of nitrogens with zero attached hydrogens (tertiary/aromatic N) is 1. The van der Waals surface area contributed by atoms with Crippen molar-refractivity contribution in [1.82, 2.24) is 15.3 Å². The summed E-state index contributed by atoms with van der Waals surface area (Å²) in [6.45, 7) is 4.19. The molecule has 0 fully saturated rings. The summed E-state index contributed by atoms with van der Waals surface area (Å²) in [7, 11) is 0. The molecule has 0 aliphatic rings. The third-order valence-corrected chi connectivity index (χ3v) is 4.97. The van der Waals surface area contributed by atoms with Crippen LogP contribution >= 0.6 is 0 Å². The van der Waals surface area contributed by atoms with E-state index in [-0.39, 0.29) is 11.7 Å². The molecule has 0 saturated carbocycles. The number of carbonyl (C=O) groups excluding carboxylic acids is 1. The number of H-pyrrole nitrogens is 1. The van der Waals surface area contributed by atoms with Gasteiger partial charge in [-0.25, -0.2) is 4.39 Å². The molecule has 0 spiro atoms. The highest BCUT2D eigenvalue weighted by Crippen LogP contribution is 2.31. The fourth-order valence-electron chi connectivity index (χ4n) is 3.42. The van der Waals surface area contributed by atoms with E-state index in [9.17, 15) is 9.18 Å². The van der Waals surface area contributed by atoms with Crippen LogP contribution in [-0.4, -0.2) is 15.9 Å². The van der Waals surface area contributed by atoms with Crippen LogP contribution in [-0.2, 0) is 6.54 Å². The number of rotatable bonds is 4. The van der Waals surface area contributed by atoms with Crippen LogP contribution in [0.2, 0.25) is 0 Å². The van der Waals surface area contributed by atoms with Crippen LogP contribution in [0.3, 0.4) is 0 Å². The third-order valence-electron chi connectivity index (χ3n) is 4.97. The number of aromatic amines is 1. The van der Waals surface area contributed by atoms with Gasteiger partial charge in [0.2, 0.25) is 0 Å². The molecular formula is C23H20FN3O. The fraction of sp³-hybridized carbons (Fsp3) is 0.130. The molecule has 140 valence electrons. The van der Waals surface area contributed by atoms with Crippen molar-refractivity contribution < 1.29 is 9.18 Å². The molecule has 4 aromatic rings. The van der Waals surface area contributed by atoms with Gasteiger partial charge in [0.05, 0.1) is 11.3 Å². The van der Waals surface area contributed by atoms with Crippen LogP contribution in [0.5, 0.6) is 0 Å². The number of fused-ring (bicyclic) bond motifs is 1. The van der Waals surface area contributed by atoms with Crippen molar-refractivity contribution >= 4 is 16.8 Å². The Morgan fingerprint density at radius 1 is 1.11 bits per heavy atom. The molecule has 4 nitrogen and oxygen atoms in total. The van der Waals surface area contributed by atoms with Crippen molar-refractivity contribution in [2.45, 2.75) is 20.4 Å². The van der Waals surface area contributed by atoms with Gasteiger partial charge in [0.15, 0.2) is 0 Å². The highest BCUT2D eigenvalue weighted by atomic mass is 19.1. The Balaban J connectivity index is 1.60. The summed E-state index contributed by atoms with van der Waals surface area (Å²) in [6, 6.07) is 16.2. The van der Waals surface area contributed by atoms with Crippen molar-refractivity contribution in [2.24, 2.45) is 0 Å². The molecule has 0 aliphatic carbocycles. The Morgan fingerprint density at radius 3 is 2.71 bits per heavy atom. The predicted octanol–water partition coefficient (Wildman–Crippen LogP) is 4.92. The van der Waals surface area contributed by atoms with Gasteiger partial charge in [-0.3, -0.25) is 9.78 Å². The summed E-state index contributed by atoms with van der Waals surface area (Å²) in [5.74, 6) is -0.403. The molecule has 0 bridgehead atoms. The van der Waals surface area contributed by atoms with Crippen molar-refractivity contribution in [2.75, 3.05) is 0 Å². The largest absolute Gasteiger partial charge is 0.354 e. The maximum atomic E-state index is 14.2. The second-order valence-electron chi connectivity index (χ2n) is 6.80. The van der Waals surface area contributed by atoms with E-state index in [2.05, 4.69) is 15.3 Å². The molecule has 2 heterocycles. The van der Waals surface area contributed by atoms with Gasteiger partial charge < -0.3 is 10.3 Å². The standard InChI is InChI=1S/C23H20FN3O/c1-14-19-12-16(13-26-23(28)17-7-5-11-25-15(17)2)9-10-21(19)27-22(14)18-6-3-4-8-20(18)24/h3-12,27H,13H2,1-2H3,(H,26,28). The number of carbonyl (C=O) groups is 1. The monoisotopic (exact) mass is 373 g/mol. The highest BCUT2D eigenvalue weighted by Gasteiger charge is 2.14. The average molecular weight is 373 g/mol. The van der Waals surface area contributed by atoms with E-state index < -0.39 is 0 Å². The molecule has 0 radical (unpaired) electrons. The van der Waals surface area contributed by atoms with Gasteiger partial charge in [0.1, 0.15) is 5.82 Å². The Bertz CT molecular complexity index is 1180. The van der Waals surface area contributed by atoms with Gasteiger partial charge in [0.25, 0.3) is 5.91 Å². The minimum atomic E-state index is -0.253. The number of hydrogen-bond donors (Lipinski definition) is 2. The topological polar surface area (TPSA) is 57.8 Å². The fourth-order valence-corrected chi connectivity index (χ4v) is 3.42. The molecule has 5 heteroatoms. The number of aryl methyl sites for hydroxylation is 2. The predicted molar refractivity (Wildman–Crippen MR) is 109 cm³/mol. The molecule has 0 saturated heterocycles. The van der Waals surface area contributed by atoms with Crippen molar-refractivity contribution in [3.8, 4) is 11.3 Å². The normalized spacial score (nSPS) is 11.0. The molecule has 1 amide bonds. The molecule has 0 atom stereocenters. The first-order valence-electron chi connectivity index (χ1n) is 9.10. The first kappa shape index (κ1) is 17.9. The molecule has 2 N–H and O–H groups in total. The van der Waals surface area contributed by atoms with E-state index in [0.29, 0.717) is 23.4 Å². The van der Waals surface area contributed by atoms with Crippen LogP contribution in [0.1, 0.15) is 27.2 Å². The third kappa shape index (κ3) is 3.27. The summed E-state index contributed by atoms with van der Waals surface area (Å²) in [6.07, 6.45) is 1.67. The zero-order chi connectivity index (χ0) is 19.7. The lowest BCUT2D eigenvalue weighted by molar-refractivity contribution is 0.0950. The molecule has 28 heavy (non-hydrogen) atoms. The summed E-state index contributed by atoms with van der Waals surface area (Å²) in [5, 5.41) is 3.95. The van der Waals surface area contributed by atoms with Crippen LogP contribution in [0.15, 0.2) is 60.8 Å². The van der Waals surface area contributed by atoms with Crippen LogP contribution in [0.25, 0.3) is 22.2 Å². The van der Waals surface area contributed by atoms with E-state index in [0.717, 1.165) is 27.7 Å². The first-order valence-corrected chi connectivity index (χ1v) is 9.10. The number of hydrogen-bond acceptors (Lipinski definition) is 2. The second kappa shape index (κ2) is 7.27. The minimum absolute atomic E-state index is 0.150. The minimum Gasteiger partial charge on any atom is -0.354 e. The average Bonchev–Trinajstić information content (AvgIpc) is 3.03. The van der Waals surface area contributed by atoms with Crippen molar-refractivity contribution in [3.63, 3.8) is 0 Å². The lowest BCUT2D eigenvalue weighted by Gasteiger charge is -2.07. The van der Waals surface area contributed by atoms with Gasteiger partial charge in [0, 0.05) is 34.9 Å². The Labute approximate surface area is 162 Å². The summed E-state index contributed by atoms with van der Waals surface area (Å²) in [5.41, 5.74) is 5.50. The Morgan fingerprint density at radius 2 is 1.93 bits per heavy atom. The summed E-state index contributed by atoms with van der Waals surface area (Å²) in [4.78, 5) is 19.9. The van der Waals surface area contributed by atoms with Crippen molar-refractivity contribution in [1.29, 1.82) is 0 Å². The van der Waals surface area contributed by atoms with E-state index in [1.165, 1.54) is 6.07 Å². The molecule has 2 aromatic heterocycles. The second-order valence-corrected chi connectivity index (χ2v) is 6.80. The van der Waals surface area contributed by atoms with E-state index >= 15 is 0 Å². The number of pyridine rings is 1. The molecule has 0 unspecified atom stereocenters. The van der Waals surface area contributed by atoms with Gasteiger partial charge in [-0.2, -0.15) is 0 Å². The van der Waals surface area contributed by atoms with E-state index in [1.807, 2.05) is 38.1 Å². The summed E-state index contributed by atoms with van der Waals surface area (Å²) < 4.78 is 14.2. The van der Waals surface area contributed by atoms with Gasteiger partial charge in [-0.1, -0.05) is 18.2 Å². The SMILES string of the molecule is Cc1ncccc1C(=O)NCc1ccc2[nH]c(-c3ccccc3F)c(C)c2c1. The highest BCUT2D eigenvalue weighted by molar-refractivity contribution is 5.95. The van der Waals surface area contributed by atoms with Crippen molar-refractivity contribution in [3.05, 3.63) is 89.0 Å². The molecule has 2 aromatic carbocycles. The molecule has 0 aliphatic heterocycles. The molecule has 4 rings (SSSR count). The van der Waals surface area contributed by atoms with Gasteiger partial charge >= 0.3 is 0 Å². The number of benzene rings is 2. The maximum Gasteiger partial charge on any atom is 0.253 e. The lowest BCUT2D eigenvalue weighted by Crippen LogP contribution is -2.23. The number of aromatic nitrogens is 2. The van der Waals surface area contributed by atoms with Crippen LogP contribution in [0, 0.1) is 19.7 Å². The van der Waals surface area contributed by atoms with Crippen LogP contribution in [0.4, 0.5) is 4.39 Å². The summed E-state index contributed by atoms with van der Waals surface area (Å²) >= 11 is 0. The zero-order valence-corrected chi connectivity index (χ0v) is 15.7. The first-order chi connectivity index (χ1) is 13.5. The van der Waals surface area contributed by atoms with E-state index in [4.69, 9.17) is 0 Å². The Kier molecular flexibility index (Phi) is 4.65. The van der Waals surface area contributed by atoms with Gasteiger partial charge in [-0.15, -0.1) is 0 Å². The number of nitrogens with one attached hydrogen (secondary N) is 2. The quantitative estimate of drug-likeness (QED) is 0.534. The number of amides is 1. The zero-order valence-electron chi connectivity index (χ0n) is 15.7. The smallest absolute Gasteiger partial charge is 0.253 e.